The predicted molar refractivity (Wildman–Crippen MR) is 97.4 cm³/mol. The van der Waals surface area contributed by atoms with Gasteiger partial charge in [-0.25, -0.2) is 8.42 Å². The number of carbonyl (C=O) groups is 1. The van der Waals surface area contributed by atoms with E-state index in [0.717, 1.165) is 32.4 Å². The minimum Gasteiger partial charge on any atom is -0.339 e. The Morgan fingerprint density at radius 1 is 1.15 bits per heavy atom. The second kappa shape index (κ2) is 8.19. The molecule has 0 radical (unpaired) electrons. The number of alkyl halides is 2. The molecule has 2 heterocycles. The molecule has 9 heteroatoms. The molecule has 0 aliphatic carbocycles. The number of hydrogen-bond donors (Lipinski definition) is 1. The molecule has 2 aliphatic rings. The maximum atomic E-state index is 12.6. The normalized spacial score (nSPS) is 19.6. The van der Waals surface area contributed by atoms with E-state index in [1.807, 2.05) is 4.90 Å². The number of carbonyl (C=O) groups excluding carboxylic acids is 1. The van der Waals surface area contributed by atoms with Crippen LogP contribution in [0.15, 0.2) is 24.3 Å². The number of amides is 1. The molecule has 5 nitrogen and oxygen atoms in total. The lowest BCUT2D eigenvalue weighted by atomic mass is 9.78. The van der Waals surface area contributed by atoms with Crippen molar-refractivity contribution in [3.8, 4) is 0 Å². The summed E-state index contributed by atoms with van der Waals surface area (Å²) < 4.78 is 47.4. The zero-order chi connectivity index (χ0) is 18.1. The topological polar surface area (TPSA) is 66.5 Å². The molecule has 0 unspecified atom stereocenters. The van der Waals surface area contributed by atoms with Crippen molar-refractivity contribution in [3.63, 3.8) is 0 Å². The molecule has 1 spiro atoms. The first kappa shape index (κ1) is 21.1. The molecule has 1 amide bonds. The summed E-state index contributed by atoms with van der Waals surface area (Å²) >= 11 is 0. The molecule has 2 fully saturated rings. The number of sulfone groups is 1. The number of nitrogens with one attached hydrogen (secondary N) is 1. The van der Waals surface area contributed by atoms with E-state index in [1.165, 1.54) is 24.3 Å². The van der Waals surface area contributed by atoms with E-state index in [0.29, 0.717) is 24.1 Å². The minimum atomic E-state index is -4.45. The molecular weight excluding hydrogens is 386 g/mol. The summed E-state index contributed by atoms with van der Waals surface area (Å²) in [6.07, 6.45) is 3.12. The average Bonchev–Trinajstić information content (AvgIpc) is 3.03. The van der Waals surface area contributed by atoms with Crippen molar-refractivity contribution in [1.82, 2.24) is 10.2 Å². The minimum absolute atomic E-state index is 0. The molecule has 26 heavy (non-hydrogen) atoms. The molecule has 0 saturated carbocycles. The van der Waals surface area contributed by atoms with Gasteiger partial charge in [0, 0.05) is 25.2 Å². The number of benzene rings is 1. The third kappa shape index (κ3) is 4.53. The largest absolute Gasteiger partial charge is 0.339 e. The molecular formula is C17H23ClF2N2O3S. The highest BCUT2D eigenvalue weighted by Gasteiger charge is 2.38. The van der Waals surface area contributed by atoms with Gasteiger partial charge in [0.1, 0.15) is 0 Å². The third-order valence-electron chi connectivity index (χ3n) is 5.28. The Morgan fingerprint density at radius 2 is 1.77 bits per heavy atom. The third-order valence-corrected chi connectivity index (χ3v) is 6.56. The van der Waals surface area contributed by atoms with Gasteiger partial charge in [0.15, 0.2) is 0 Å². The Kier molecular flexibility index (Phi) is 6.63. The zero-order valence-electron chi connectivity index (χ0n) is 14.3. The van der Waals surface area contributed by atoms with E-state index < -0.39 is 21.3 Å². The summed E-state index contributed by atoms with van der Waals surface area (Å²) in [7, 11) is -4.45. The molecule has 1 N–H and O–H groups in total. The molecule has 0 bridgehead atoms. The predicted octanol–water partition coefficient (Wildman–Crippen LogP) is 2.46. The number of hydrogen-bond acceptors (Lipinski definition) is 4. The average molecular weight is 409 g/mol. The summed E-state index contributed by atoms with van der Waals surface area (Å²) in [6, 6.07) is 5.89. The zero-order valence-corrected chi connectivity index (χ0v) is 15.9. The molecule has 2 saturated heterocycles. The Hall–Kier alpha value is -1.25. The molecule has 3 rings (SSSR count). The van der Waals surface area contributed by atoms with Crippen molar-refractivity contribution in [1.29, 1.82) is 0 Å². The standard InChI is InChI=1S/C17H22F2N2O3S.ClH/c18-16(19)25(23,24)11-13-1-3-14(4-2-13)15(22)21-9-6-17(7-10-21)5-8-20-12-17;/h1-4,16,20H,5-12H2;1H. The van der Waals surface area contributed by atoms with Gasteiger partial charge in [-0.1, -0.05) is 12.1 Å². The lowest BCUT2D eigenvalue weighted by molar-refractivity contribution is 0.0607. The second-order valence-corrected chi connectivity index (χ2v) is 8.95. The van der Waals surface area contributed by atoms with Crippen LogP contribution in [0.3, 0.4) is 0 Å². The fourth-order valence-corrected chi connectivity index (χ4v) is 4.41. The summed E-state index contributed by atoms with van der Waals surface area (Å²) in [6.45, 7) is 3.48. The Bertz CT molecular complexity index is 725. The van der Waals surface area contributed by atoms with Crippen molar-refractivity contribution < 1.29 is 22.0 Å². The lowest BCUT2D eigenvalue weighted by Gasteiger charge is -2.38. The SMILES string of the molecule is Cl.O=C(c1ccc(CS(=O)(=O)C(F)F)cc1)N1CCC2(CCNC2)CC1. The van der Waals surface area contributed by atoms with Gasteiger partial charge in [-0.15, -0.1) is 12.4 Å². The van der Waals surface area contributed by atoms with Crippen molar-refractivity contribution >= 4 is 28.2 Å². The van der Waals surface area contributed by atoms with Crippen molar-refractivity contribution in [2.45, 2.75) is 30.8 Å². The van der Waals surface area contributed by atoms with Crippen LogP contribution in [0.25, 0.3) is 0 Å². The summed E-state index contributed by atoms with van der Waals surface area (Å²) in [5.74, 6) is -4.21. The van der Waals surface area contributed by atoms with E-state index in [1.54, 1.807) is 0 Å². The summed E-state index contributed by atoms with van der Waals surface area (Å²) in [4.78, 5) is 14.4. The maximum absolute atomic E-state index is 12.6. The van der Waals surface area contributed by atoms with Crippen LogP contribution < -0.4 is 5.32 Å². The van der Waals surface area contributed by atoms with Crippen LogP contribution in [0.1, 0.15) is 35.2 Å². The van der Waals surface area contributed by atoms with E-state index >= 15 is 0 Å². The molecule has 146 valence electrons. The summed E-state index contributed by atoms with van der Waals surface area (Å²) in [5, 5.41) is 3.39. The van der Waals surface area contributed by atoms with Crippen LogP contribution in [0, 0.1) is 5.41 Å². The van der Waals surface area contributed by atoms with Gasteiger partial charge < -0.3 is 10.2 Å². The number of halogens is 3. The molecule has 1 aromatic rings. The van der Waals surface area contributed by atoms with E-state index in [2.05, 4.69) is 5.32 Å². The smallest absolute Gasteiger partial charge is 0.337 e. The number of piperidine rings is 1. The van der Waals surface area contributed by atoms with Crippen molar-refractivity contribution in [2.24, 2.45) is 5.41 Å². The molecule has 0 aromatic heterocycles. The first-order chi connectivity index (χ1) is 11.8. The van der Waals surface area contributed by atoms with Gasteiger partial charge in [-0.05, 0) is 48.9 Å². The van der Waals surface area contributed by atoms with Crippen LogP contribution in [0.4, 0.5) is 8.78 Å². The van der Waals surface area contributed by atoms with Crippen LogP contribution >= 0.6 is 12.4 Å². The van der Waals surface area contributed by atoms with E-state index in [9.17, 15) is 22.0 Å². The Morgan fingerprint density at radius 3 is 2.27 bits per heavy atom. The van der Waals surface area contributed by atoms with Gasteiger partial charge in [0.2, 0.25) is 9.84 Å². The van der Waals surface area contributed by atoms with Crippen LogP contribution in [0.5, 0.6) is 0 Å². The van der Waals surface area contributed by atoms with Crippen LogP contribution in [-0.4, -0.2) is 51.2 Å². The van der Waals surface area contributed by atoms with Gasteiger partial charge >= 0.3 is 5.76 Å². The van der Waals surface area contributed by atoms with E-state index in [-0.39, 0.29) is 23.9 Å². The fraction of sp³-hybridized carbons (Fsp3) is 0.588. The molecule has 2 aliphatic heterocycles. The van der Waals surface area contributed by atoms with Crippen molar-refractivity contribution in [2.75, 3.05) is 26.2 Å². The van der Waals surface area contributed by atoms with Gasteiger partial charge in [0.25, 0.3) is 5.91 Å². The van der Waals surface area contributed by atoms with Crippen LogP contribution in [0.2, 0.25) is 0 Å². The Balaban J connectivity index is 0.00000243. The molecule has 0 atom stereocenters. The summed E-state index contributed by atoms with van der Waals surface area (Å²) in [5.41, 5.74) is 1.04. The number of nitrogens with zero attached hydrogens (tertiary/aromatic N) is 1. The highest BCUT2D eigenvalue weighted by Crippen LogP contribution is 2.37. The van der Waals surface area contributed by atoms with Crippen LogP contribution in [-0.2, 0) is 15.6 Å². The second-order valence-electron chi connectivity index (χ2n) is 6.98. The highest BCUT2D eigenvalue weighted by molar-refractivity contribution is 7.90. The quantitative estimate of drug-likeness (QED) is 0.831. The maximum Gasteiger partial charge on any atom is 0.337 e. The van der Waals surface area contributed by atoms with Gasteiger partial charge in [-0.3, -0.25) is 4.79 Å². The monoisotopic (exact) mass is 408 g/mol. The first-order valence-corrected chi connectivity index (χ1v) is 10.1. The van der Waals surface area contributed by atoms with Gasteiger partial charge in [0.05, 0.1) is 5.75 Å². The van der Waals surface area contributed by atoms with Crippen molar-refractivity contribution in [3.05, 3.63) is 35.4 Å². The first-order valence-electron chi connectivity index (χ1n) is 8.40. The Labute approximate surface area is 158 Å². The highest BCUT2D eigenvalue weighted by atomic mass is 35.5. The number of rotatable bonds is 4. The van der Waals surface area contributed by atoms with E-state index in [4.69, 9.17) is 0 Å². The lowest BCUT2D eigenvalue weighted by Crippen LogP contribution is -2.44. The van der Waals surface area contributed by atoms with Gasteiger partial charge in [-0.2, -0.15) is 8.78 Å². The molecule has 1 aromatic carbocycles. The number of likely N-dealkylation sites (tertiary alicyclic amines) is 1. The fourth-order valence-electron chi connectivity index (χ4n) is 3.63.